The molecule has 4 aliphatic rings. The van der Waals surface area contributed by atoms with Gasteiger partial charge >= 0.3 is 5.97 Å². The highest BCUT2D eigenvalue weighted by Gasteiger charge is 2.49. The lowest BCUT2D eigenvalue weighted by Crippen LogP contribution is -2.67. The van der Waals surface area contributed by atoms with Gasteiger partial charge in [-0.3, -0.25) is 14.5 Å². The molecule has 3 heterocycles. The number of fused-ring (bicyclic) bond motifs is 2. The Morgan fingerprint density at radius 3 is 2.38 bits per heavy atom. The molecule has 58 heavy (non-hydrogen) atoms. The Labute approximate surface area is 342 Å². The molecule has 312 valence electrons. The van der Waals surface area contributed by atoms with Crippen molar-refractivity contribution in [2.75, 3.05) is 52.9 Å². The first kappa shape index (κ1) is 43.1. The Balaban J connectivity index is 1.37. The van der Waals surface area contributed by atoms with Gasteiger partial charge in [0.15, 0.2) is 0 Å². The number of likely N-dealkylation sites (N-methyl/N-ethyl adjacent to an activating group) is 1. The van der Waals surface area contributed by atoms with Crippen LogP contribution in [-0.2, 0) is 9.53 Å². The maximum absolute atomic E-state index is 14.2. The van der Waals surface area contributed by atoms with Gasteiger partial charge in [-0.1, -0.05) is 19.4 Å². The fourth-order valence-electron chi connectivity index (χ4n) is 8.33. The first-order valence-electron chi connectivity index (χ1n) is 19.6. The number of likely N-dealkylation sites (tertiary alicyclic amines) is 1. The van der Waals surface area contributed by atoms with Crippen LogP contribution in [0, 0.1) is 5.92 Å². The van der Waals surface area contributed by atoms with Gasteiger partial charge in [0.1, 0.15) is 55.3 Å². The van der Waals surface area contributed by atoms with Crippen molar-refractivity contribution < 1.29 is 44.0 Å². The van der Waals surface area contributed by atoms with Crippen molar-refractivity contribution in [2.24, 2.45) is 5.92 Å². The van der Waals surface area contributed by atoms with Gasteiger partial charge in [-0.15, -0.1) is 11.8 Å². The number of benzene rings is 3. The molecule has 0 spiro atoms. The quantitative estimate of drug-likeness (QED) is 0.0909. The van der Waals surface area contributed by atoms with Crippen LogP contribution in [0.1, 0.15) is 53.8 Å². The Bertz CT molecular complexity index is 2200. The predicted molar refractivity (Wildman–Crippen MR) is 225 cm³/mol. The van der Waals surface area contributed by atoms with Crippen molar-refractivity contribution in [1.29, 1.82) is 0 Å². The Morgan fingerprint density at radius 2 is 1.72 bits per heavy atom. The molecular weight excluding hydrogens is 763 g/mol. The number of amides is 2. The van der Waals surface area contributed by atoms with E-state index in [1.54, 1.807) is 19.2 Å². The van der Waals surface area contributed by atoms with Crippen molar-refractivity contribution in [1.82, 2.24) is 20.1 Å². The number of hydrogen-bond acceptors (Lipinski definition) is 11. The summed E-state index contributed by atoms with van der Waals surface area (Å²) in [6.45, 7) is 4.47. The van der Waals surface area contributed by atoms with E-state index in [1.807, 2.05) is 86.0 Å². The molecule has 0 saturated carbocycles. The molecular formula is C43H56N5O9S+. The topological polar surface area (TPSA) is 188 Å². The number of aromatic carboxylic acids is 1. The molecule has 0 radical (unpaired) electrons. The van der Waals surface area contributed by atoms with Crippen LogP contribution in [0.15, 0.2) is 59.0 Å². The second-order valence-electron chi connectivity index (χ2n) is 16.0. The number of hydrogen-bond donors (Lipinski definition) is 6. The van der Waals surface area contributed by atoms with Gasteiger partial charge in [-0.2, -0.15) is 0 Å². The molecule has 2 saturated heterocycles. The molecule has 2 aromatic rings. The number of carbonyl (C=O) groups is 3. The van der Waals surface area contributed by atoms with E-state index >= 15 is 0 Å². The summed E-state index contributed by atoms with van der Waals surface area (Å²) in [6, 6.07) is 13.8. The number of nitrogens with one attached hydrogen (secondary N) is 2. The second kappa shape index (κ2) is 17.8. The van der Waals surface area contributed by atoms with Crippen LogP contribution in [0.25, 0.3) is 33.4 Å². The van der Waals surface area contributed by atoms with E-state index in [0.717, 1.165) is 58.7 Å². The summed E-state index contributed by atoms with van der Waals surface area (Å²) >= 11 is 1.14. The van der Waals surface area contributed by atoms with Crippen LogP contribution in [0.3, 0.4) is 0 Å². The molecule has 1 aliphatic carbocycles. The van der Waals surface area contributed by atoms with E-state index in [1.165, 1.54) is 12.1 Å². The number of thioether (sulfide) groups is 1. The van der Waals surface area contributed by atoms with Gasteiger partial charge in [0.05, 0.1) is 29.3 Å². The minimum atomic E-state index is -1.61. The van der Waals surface area contributed by atoms with E-state index in [-0.39, 0.29) is 17.0 Å². The third-order valence-electron chi connectivity index (χ3n) is 11.5. The number of aliphatic hydroxyl groups excluding tert-OH is 3. The number of aliphatic hydroxyl groups is 3. The highest BCUT2D eigenvalue weighted by atomic mass is 32.2. The van der Waals surface area contributed by atoms with Crippen LogP contribution in [0.2, 0.25) is 0 Å². The molecule has 0 aromatic heterocycles. The summed E-state index contributed by atoms with van der Waals surface area (Å²) in [5.41, 5.74) is 2.28. The smallest absolute Gasteiger partial charge is 0.336 e. The lowest BCUT2D eigenvalue weighted by molar-refractivity contribution is -0.206. The van der Waals surface area contributed by atoms with Gasteiger partial charge in [-0.25, -0.2) is 9.37 Å². The fourth-order valence-corrected chi connectivity index (χ4v) is 9.01. The molecule has 6 N–H and O–H groups in total. The van der Waals surface area contributed by atoms with E-state index in [2.05, 4.69) is 17.6 Å². The first-order valence-corrected chi connectivity index (χ1v) is 20.9. The van der Waals surface area contributed by atoms with Gasteiger partial charge < -0.3 is 45.1 Å². The molecule has 3 aliphatic heterocycles. The number of carbonyl (C=O) groups excluding carboxylic acids is 2. The normalized spacial score (nSPS) is 24.7. The summed E-state index contributed by atoms with van der Waals surface area (Å²) in [5, 5.41) is 50.7. The van der Waals surface area contributed by atoms with E-state index < -0.39 is 59.9 Å². The van der Waals surface area contributed by atoms with Crippen LogP contribution >= 0.6 is 11.8 Å². The highest BCUT2D eigenvalue weighted by Crippen LogP contribution is 2.41. The van der Waals surface area contributed by atoms with Crippen molar-refractivity contribution in [3.05, 3.63) is 71.1 Å². The average Bonchev–Trinajstić information content (AvgIpc) is 3.57. The largest absolute Gasteiger partial charge is 0.478 e. The van der Waals surface area contributed by atoms with Crippen LogP contribution in [-0.4, -0.2) is 139 Å². The summed E-state index contributed by atoms with van der Waals surface area (Å²) in [6.07, 6.45) is -1.56. The van der Waals surface area contributed by atoms with Crippen LogP contribution < -0.4 is 25.5 Å². The molecule has 6 rings (SSSR count). The third kappa shape index (κ3) is 8.61. The number of carboxylic acid groups (broad SMARTS) is 1. The molecule has 2 aromatic carbocycles. The summed E-state index contributed by atoms with van der Waals surface area (Å²) in [7, 11) is 9.61. The molecule has 14 nitrogen and oxygen atoms in total. The Hall–Kier alpha value is -4.51. The third-order valence-corrected chi connectivity index (χ3v) is 12.4. The maximum atomic E-state index is 14.2. The molecule has 15 heteroatoms. The lowest BCUT2D eigenvalue weighted by Gasteiger charge is -2.45. The summed E-state index contributed by atoms with van der Waals surface area (Å²) in [5.74, 6) is -1.44. The minimum Gasteiger partial charge on any atom is -0.478 e. The molecule has 1 unspecified atom stereocenters. The van der Waals surface area contributed by atoms with Gasteiger partial charge in [0, 0.05) is 61.0 Å². The predicted octanol–water partition coefficient (Wildman–Crippen LogP) is 2.89. The van der Waals surface area contributed by atoms with Crippen molar-refractivity contribution in [3.63, 3.8) is 0 Å². The lowest BCUT2D eigenvalue weighted by atomic mass is 9.90. The highest BCUT2D eigenvalue weighted by molar-refractivity contribution is 7.99. The number of nitrogens with zero attached hydrogens (tertiary/aromatic N) is 3. The average molecular weight is 819 g/mol. The van der Waals surface area contributed by atoms with Crippen LogP contribution in [0.4, 0.5) is 5.69 Å². The fraction of sp³-hybridized carbons (Fsp3) is 0.488. The van der Waals surface area contributed by atoms with Gasteiger partial charge in [0.25, 0.3) is 5.91 Å². The van der Waals surface area contributed by atoms with Gasteiger partial charge in [-0.05, 0) is 74.9 Å². The number of anilines is 1. The van der Waals surface area contributed by atoms with Crippen molar-refractivity contribution >= 4 is 46.2 Å². The summed E-state index contributed by atoms with van der Waals surface area (Å²) in [4.78, 5) is 45.0. The first-order chi connectivity index (χ1) is 27.5. The summed E-state index contributed by atoms with van der Waals surface area (Å²) < 4.78 is 14.5. The van der Waals surface area contributed by atoms with E-state index in [4.69, 9.17) is 9.15 Å². The number of carboxylic acids is 1. The molecule has 0 bridgehead atoms. The van der Waals surface area contributed by atoms with Crippen molar-refractivity contribution in [2.45, 2.75) is 81.1 Å². The monoisotopic (exact) mass is 818 g/mol. The molecule has 9 atom stereocenters. The maximum Gasteiger partial charge on any atom is 0.336 e. The van der Waals surface area contributed by atoms with E-state index in [9.17, 15) is 34.8 Å². The SMILES string of the molecule is CCC[C@@H]1C[C@@H](C(=O)N[C@@H](C2O[C@H](SC)[C@H](O)[C@@H](O)[C@H]2O)[C@@H](C)NC(=O)c2ccc(-c3c4ccc(=[N+](C)C)cc-4oc4cc(N(C)C)ccc34)cc2C(=O)O)N(C)C1. The zero-order valence-electron chi connectivity index (χ0n) is 34.3. The zero-order valence-corrected chi connectivity index (χ0v) is 35.1. The minimum absolute atomic E-state index is 0.118. The Kier molecular flexibility index (Phi) is 13.2. The Morgan fingerprint density at radius 1 is 0.983 bits per heavy atom. The van der Waals surface area contributed by atoms with Gasteiger partial charge in [0.2, 0.25) is 11.3 Å². The van der Waals surface area contributed by atoms with E-state index in [0.29, 0.717) is 29.2 Å². The molecule has 2 amide bonds. The van der Waals surface area contributed by atoms with Crippen LogP contribution in [0.5, 0.6) is 0 Å². The second-order valence-corrected chi connectivity index (χ2v) is 16.9. The number of rotatable bonds is 12. The molecule has 2 fully saturated rings. The van der Waals surface area contributed by atoms with Crippen molar-refractivity contribution in [3.8, 4) is 22.5 Å². The number of ether oxygens (including phenoxy) is 1. The zero-order chi connectivity index (χ0) is 42.2. The standard InChI is InChI=1S/C43H55N5O9S/c1-9-10-23-17-31(48(7)21-23)41(53)45-35(39-37(50)36(49)38(51)43(57-39)58-8)22(2)44-40(52)27-14-11-24(18-30(27)42(54)55)34-28-15-12-25(46(3)4)19-32(28)56-33-20-26(47(5)6)13-16-29(33)34/h11-16,18-20,22-23,31,35-39,43,49-51H,9-10,17,21H2,1-8H3,(H2-,44,45,52,53,54,55)/p+1/t22-,23-,31+,35-,36+,37-,38-,39?,43-/m1/s1.